The Morgan fingerprint density at radius 2 is 1.88 bits per heavy atom. The van der Waals surface area contributed by atoms with Crippen LogP contribution in [0, 0.1) is 18.3 Å². The van der Waals surface area contributed by atoms with Crippen LogP contribution in [0.3, 0.4) is 0 Å². The molecule has 5 nitrogen and oxygen atoms in total. The maximum atomic E-state index is 9.03. The Balaban J connectivity index is 1.48. The monoisotopic (exact) mass is 422 g/mol. The number of fused-ring (bicyclic) bond motifs is 1. The second kappa shape index (κ2) is 9.93. The van der Waals surface area contributed by atoms with Gasteiger partial charge in [0.25, 0.3) is 0 Å². The lowest BCUT2D eigenvalue weighted by molar-refractivity contribution is 0.337. The minimum atomic E-state index is 0.312. The van der Waals surface area contributed by atoms with E-state index in [9.17, 15) is 0 Å². The van der Waals surface area contributed by atoms with Gasteiger partial charge in [-0.15, -0.1) is 0 Å². The molecule has 0 aliphatic heterocycles. The van der Waals surface area contributed by atoms with Gasteiger partial charge in [0.05, 0.1) is 19.1 Å². The van der Waals surface area contributed by atoms with Gasteiger partial charge in [-0.05, 0) is 54.3 Å². The van der Waals surface area contributed by atoms with Crippen molar-refractivity contribution in [2.45, 2.75) is 26.7 Å². The van der Waals surface area contributed by atoms with E-state index in [0.29, 0.717) is 24.6 Å². The first kappa shape index (κ1) is 21.3. The number of ether oxygens (including phenoxy) is 1. The van der Waals surface area contributed by atoms with Gasteiger partial charge in [0, 0.05) is 23.9 Å². The van der Waals surface area contributed by atoms with E-state index in [4.69, 9.17) is 10.00 Å². The van der Waals surface area contributed by atoms with Crippen LogP contribution in [0.1, 0.15) is 23.6 Å². The number of hydrogen-bond donors (Lipinski definition) is 1. The summed E-state index contributed by atoms with van der Waals surface area (Å²) in [6, 6.07) is 22.7. The van der Waals surface area contributed by atoms with Crippen molar-refractivity contribution < 1.29 is 4.74 Å². The highest BCUT2D eigenvalue weighted by Gasteiger charge is 2.09. The lowest BCUT2D eigenvalue weighted by Gasteiger charge is -2.12. The molecule has 0 spiro atoms. The summed E-state index contributed by atoms with van der Waals surface area (Å²) in [5.74, 6) is 2.12. The van der Waals surface area contributed by atoms with E-state index < -0.39 is 0 Å². The number of nitrogens with zero attached hydrogens (tertiary/aromatic N) is 3. The molecule has 0 saturated heterocycles. The summed E-state index contributed by atoms with van der Waals surface area (Å²) in [6.07, 6.45) is 2.98. The van der Waals surface area contributed by atoms with Gasteiger partial charge in [0.15, 0.2) is 5.82 Å². The molecule has 4 aromatic rings. The molecule has 5 heteroatoms. The average Bonchev–Trinajstić information content (AvgIpc) is 2.82. The Labute approximate surface area is 188 Å². The molecule has 0 saturated carbocycles. The van der Waals surface area contributed by atoms with E-state index in [2.05, 4.69) is 64.7 Å². The Morgan fingerprint density at radius 3 is 2.72 bits per heavy atom. The third kappa shape index (κ3) is 4.70. The van der Waals surface area contributed by atoms with Crippen molar-refractivity contribution in [3.05, 3.63) is 83.6 Å². The van der Waals surface area contributed by atoms with Gasteiger partial charge in [0.1, 0.15) is 11.6 Å². The van der Waals surface area contributed by atoms with Gasteiger partial charge in [-0.25, -0.2) is 9.97 Å². The summed E-state index contributed by atoms with van der Waals surface area (Å²) in [7, 11) is 0. The summed E-state index contributed by atoms with van der Waals surface area (Å²) in [6.45, 7) is 5.44. The van der Waals surface area contributed by atoms with Gasteiger partial charge in [-0.2, -0.15) is 5.26 Å². The molecule has 0 unspecified atom stereocenters. The topological polar surface area (TPSA) is 70.8 Å². The van der Waals surface area contributed by atoms with Gasteiger partial charge >= 0.3 is 0 Å². The quantitative estimate of drug-likeness (QED) is 0.393. The normalized spacial score (nSPS) is 10.7. The molecule has 0 radical (unpaired) electrons. The molecule has 0 aliphatic rings. The fraction of sp³-hybridized carbons (Fsp3) is 0.222. The first-order valence-corrected chi connectivity index (χ1v) is 10.9. The molecular formula is C27H26N4O. The zero-order chi connectivity index (χ0) is 22.3. The van der Waals surface area contributed by atoms with Crippen LogP contribution in [0.2, 0.25) is 0 Å². The van der Waals surface area contributed by atoms with E-state index >= 15 is 0 Å². The van der Waals surface area contributed by atoms with E-state index in [0.717, 1.165) is 29.9 Å². The summed E-state index contributed by atoms with van der Waals surface area (Å²) >= 11 is 0. The summed E-state index contributed by atoms with van der Waals surface area (Å²) in [4.78, 5) is 9.11. The number of benzene rings is 3. The first-order chi connectivity index (χ1) is 15.7. The lowest BCUT2D eigenvalue weighted by Crippen LogP contribution is -2.08. The van der Waals surface area contributed by atoms with Crippen LogP contribution >= 0.6 is 0 Å². The van der Waals surface area contributed by atoms with Crippen molar-refractivity contribution in [2.75, 3.05) is 18.5 Å². The van der Waals surface area contributed by atoms with Crippen LogP contribution in [-0.4, -0.2) is 23.1 Å². The molecular weight excluding hydrogens is 396 g/mol. The van der Waals surface area contributed by atoms with Crippen LogP contribution in [0.5, 0.6) is 5.75 Å². The van der Waals surface area contributed by atoms with E-state index in [-0.39, 0.29) is 0 Å². The molecule has 0 fully saturated rings. The first-order valence-electron chi connectivity index (χ1n) is 10.9. The number of nitrogens with one attached hydrogen (secondary N) is 1. The third-order valence-corrected chi connectivity index (χ3v) is 5.56. The SMILES string of the molecule is CCOc1cc(-c2nccc(NCCc3ccc4ccccc4c3C)n2)ccc1CC#N. The molecule has 3 aromatic carbocycles. The molecule has 160 valence electrons. The van der Waals surface area contributed by atoms with E-state index in [1.165, 1.54) is 21.9 Å². The van der Waals surface area contributed by atoms with Crippen molar-refractivity contribution in [3.8, 4) is 23.2 Å². The molecule has 0 aliphatic carbocycles. The number of aryl methyl sites for hydroxylation is 1. The number of anilines is 1. The maximum Gasteiger partial charge on any atom is 0.161 e. The number of rotatable bonds is 8. The van der Waals surface area contributed by atoms with Gasteiger partial charge in [-0.3, -0.25) is 0 Å². The number of hydrogen-bond acceptors (Lipinski definition) is 5. The average molecular weight is 423 g/mol. The Morgan fingerprint density at radius 1 is 1.03 bits per heavy atom. The van der Waals surface area contributed by atoms with Crippen molar-refractivity contribution >= 4 is 16.6 Å². The standard InChI is InChI=1S/C27H26N4O/c1-3-32-25-18-23(11-10-22(25)12-15-28)27-30-17-14-26(31-27)29-16-13-20-8-9-21-6-4-5-7-24(21)19(20)2/h4-11,14,17-18H,3,12-13,16H2,1-2H3,(H,29,30,31). The second-order valence-corrected chi connectivity index (χ2v) is 7.60. The summed E-state index contributed by atoms with van der Waals surface area (Å²) in [5.41, 5.74) is 4.40. The molecule has 0 bridgehead atoms. The predicted octanol–water partition coefficient (Wildman–Crippen LogP) is 5.72. The molecule has 0 amide bonds. The Bertz CT molecular complexity index is 1280. The fourth-order valence-corrected chi connectivity index (χ4v) is 3.88. The second-order valence-electron chi connectivity index (χ2n) is 7.60. The van der Waals surface area contributed by atoms with Crippen LogP contribution in [0.4, 0.5) is 5.82 Å². The van der Waals surface area contributed by atoms with Gasteiger partial charge < -0.3 is 10.1 Å². The predicted molar refractivity (Wildman–Crippen MR) is 129 cm³/mol. The highest BCUT2D eigenvalue weighted by Crippen LogP contribution is 2.27. The van der Waals surface area contributed by atoms with E-state index in [1.54, 1.807) is 6.20 Å². The molecule has 1 N–H and O–H groups in total. The van der Waals surface area contributed by atoms with Gasteiger partial charge in [0.2, 0.25) is 0 Å². The van der Waals surface area contributed by atoms with Crippen LogP contribution in [0.25, 0.3) is 22.2 Å². The molecule has 1 aromatic heterocycles. The lowest BCUT2D eigenvalue weighted by atomic mass is 9.98. The van der Waals surface area contributed by atoms with Crippen LogP contribution < -0.4 is 10.1 Å². The third-order valence-electron chi connectivity index (χ3n) is 5.56. The maximum absolute atomic E-state index is 9.03. The molecule has 0 atom stereocenters. The fourth-order valence-electron chi connectivity index (χ4n) is 3.88. The zero-order valence-corrected chi connectivity index (χ0v) is 18.4. The smallest absolute Gasteiger partial charge is 0.161 e. The van der Waals surface area contributed by atoms with Gasteiger partial charge in [-0.1, -0.05) is 48.5 Å². The highest BCUT2D eigenvalue weighted by molar-refractivity contribution is 5.86. The van der Waals surface area contributed by atoms with Crippen LogP contribution in [0.15, 0.2) is 66.9 Å². The highest BCUT2D eigenvalue weighted by atomic mass is 16.5. The Kier molecular flexibility index (Phi) is 6.62. The minimum absolute atomic E-state index is 0.312. The van der Waals surface area contributed by atoms with Crippen molar-refractivity contribution in [1.82, 2.24) is 9.97 Å². The van der Waals surface area contributed by atoms with Crippen molar-refractivity contribution in [1.29, 1.82) is 5.26 Å². The largest absolute Gasteiger partial charge is 0.494 e. The van der Waals surface area contributed by atoms with Crippen molar-refractivity contribution in [3.63, 3.8) is 0 Å². The minimum Gasteiger partial charge on any atom is -0.494 e. The summed E-state index contributed by atoms with van der Waals surface area (Å²) in [5, 5.41) is 15.0. The summed E-state index contributed by atoms with van der Waals surface area (Å²) < 4.78 is 5.72. The van der Waals surface area contributed by atoms with E-state index in [1.807, 2.05) is 31.2 Å². The van der Waals surface area contributed by atoms with Crippen molar-refractivity contribution in [2.24, 2.45) is 0 Å². The van der Waals surface area contributed by atoms with Crippen LogP contribution in [-0.2, 0) is 12.8 Å². The number of nitriles is 1. The Hall–Kier alpha value is -3.91. The molecule has 32 heavy (non-hydrogen) atoms. The molecule has 4 rings (SSSR count). The molecule has 1 heterocycles. The zero-order valence-electron chi connectivity index (χ0n) is 18.4. The number of aromatic nitrogens is 2.